The summed E-state index contributed by atoms with van der Waals surface area (Å²) in [5.74, 6) is -0.0798. The summed E-state index contributed by atoms with van der Waals surface area (Å²) in [7, 11) is 0. The molecule has 0 saturated carbocycles. The van der Waals surface area contributed by atoms with Gasteiger partial charge >= 0.3 is 12.0 Å². The minimum Gasteiger partial charge on any atom is -0.481 e. The van der Waals surface area contributed by atoms with Gasteiger partial charge in [0, 0.05) is 19.5 Å². The maximum Gasteiger partial charge on any atom is 0.314 e. The van der Waals surface area contributed by atoms with Crippen LogP contribution in [0.4, 0.5) is 4.79 Å². The number of nitrogens with one attached hydrogen (secondary N) is 2. The number of piperidine rings is 1. The zero-order valence-electron chi connectivity index (χ0n) is 14.9. The maximum absolute atomic E-state index is 12.0. The second-order valence-electron chi connectivity index (χ2n) is 6.78. The van der Waals surface area contributed by atoms with E-state index in [-0.39, 0.29) is 18.5 Å². The molecule has 6 heteroatoms. The molecule has 1 fully saturated rings. The Morgan fingerprint density at radius 1 is 1.20 bits per heavy atom. The first-order valence-corrected chi connectivity index (χ1v) is 9.08. The van der Waals surface area contributed by atoms with Gasteiger partial charge in [0.25, 0.3) is 0 Å². The molecule has 3 N–H and O–H groups in total. The summed E-state index contributed by atoms with van der Waals surface area (Å²) in [5, 5.41) is 14.3. The number of carbonyl (C=O) groups excluding carboxylic acids is 1. The van der Waals surface area contributed by atoms with Gasteiger partial charge in [-0.2, -0.15) is 0 Å². The summed E-state index contributed by atoms with van der Waals surface area (Å²) < 4.78 is 0. The van der Waals surface area contributed by atoms with Crippen molar-refractivity contribution in [3.63, 3.8) is 0 Å². The third-order valence-corrected chi connectivity index (χ3v) is 4.75. The Bertz CT molecular complexity index is 542. The Morgan fingerprint density at radius 2 is 1.88 bits per heavy atom. The lowest BCUT2D eigenvalue weighted by Gasteiger charge is -2.37. The van der Waals surface area contributed by atoms with E-state index in [4.69, 9.17) is 5.11 Å². The van der Waals surface area contributed by atoms with Gasteiger partial charge in [-0.3, -0.25) is 9.69 Å². The molecule has 1 unspecified atom stereocenters. The smallest absolute Gasteiger partial charge is 0.314 e. The first-order valence-electron chi connectivity index (χ1n) is 9.08. The van der Waals surface area contributed by atoms with Crippen LogP contribution >= 0.6 is 0 Å². The molecule has 1 aromatic carbocycles. The van der Waals surface area contributed by atoms with E-state index in [1.165, 1.54) is 18.4 Å². The summed E-state index contributed by atoms with van der Waals surface area (Å²) in [6.07, 6.45) is 2.88. The van der Waals surface area contributed by atoms with Crippen molar-refractivity contribution in [2.45, 2.75) is 38.6 Å². The monoisotopic (exact) mass is 347 g/mol. The lowest BCUT2D eigenvalue weighted by Crippen LogP contribution is -2.44. The van der Waals surface area contributed by atoms with E-state index in [1.807, 2.05) is 18.2 Å². The number of amides is 2. The number of carboxylic acids is 1. The maximum atomic E-state index is 12.0. The average Bonchev–Trinajstić information content (AvgIpc) is 2.61. The molecule has 6 nitrogen and oxygen atoms in total. The lowest BCUT2D eigenvalue weighted by atomic mass is 9.96. The number of nitrogens with zero attached hydrogens (tertiary/aromatic N) is 1. The number of carbonyl (C=O) groups is 2. The van der Waals surface area contributed by atoms with Crippen molar-refractivity contribution in [2.24, 2.45) is 5.92 Å². The third-order valence-electron chi connectivity index (χ3n) is 4.75. The number of urea groups is 1. The molecule has 1 aliphatic heterocycles. The number of aliphatic carboxylic acids is 1. The summed E-state index contributed by atoms with van der Waals surface area (Å²) in [5.41, 5.74) is 1.21. The molecular formula is C19H29N3O3. The molecule has 1 aliphatic rings. The van der Waals surface area contributed by atoms with E-state index in [1.54, 1.807) is 0 Å². The zero-order chi connectivity index (χ0) is 18.1. The molecular weight excluding hydrogens is 318 g/mol. The van der Waals surface area contributed by atoms with Crippen LogP contribution in [0.25, 0.3) is 0 Å². The average molecular weight is 347 g/mol. The largest absolute Gasteiger partial charge is 0.481 e. The van der Waals surface area contributed by atoms with Crippen molar-refractivity contribution >= 4 is 12.0 Å². The molecule has 0 aromatic heterocycles. The molecule has 2 rings (SSSR count). The Labute approximate surface area is 149 Å². The SMILES string of the molecule is CC1CCN(C(CNC(=O)NCCCC(=O)O)c2ccccc2)CC1. The van der Waals surface area contributed by atoms with Crippen molar-refractivity contribution < 1.29 is 14.7 Å². The van der Waals surface area contributed by atoms with Gasteiger partial charge in [0.2, 0.25) is 0 Å². The quantitative estimate of drug-likeness (QED) is 0.632. The van der Waals surface area contributed by atoms with Crippen LogP contribution in [0.15, 0.2) is 30.3 Å². The van der Waals surface area contributed by atoms with E-state index in [2.05, 4.69) is 34.6 Å². The van der Waals surface area contributed by atoms with Gasteiger partial charge in [0.1, 0.15) is 0 Å². The van der Waals surface area contributed by atoms with Crippen LogP contribution in [0, 0.1) is 5.92 Å². The summed E-state index contributed by atoms with van der Waals surface area (Å²) in [6, 6.07) is 10.2. The second-order valence-corrected chi connectivity index (χ2v) is 6.78. The summed E-state index contributed by atoms with van der Waals surface area (Å²) >= 11 is 0. The normalized spacial score (nSPS) is 17.0. The highest BCUT2D eigenvalue weighted by Crippen LogP contribution is 2.26. The van der Waals surface area contributed by atoms with Gasteiger partial charge < -0.3 is 15.7 Å². The lowest BCUT2D eigenvalue weighted by molar-refractivity contribution is -0.137. The van der Waals surface area contributed by atoms with Gasteiger partial charge in [-0.05, 0) is 43.8 Å². The summed E-state index contributed by atoms with van der Waals surface area (Å²) in [6.45, 7) is 5.29. The van der Waals surface area contributed by atoms with Crippen LogP contribution in [-0.2, 0) is 4.79 Å². The van der Waals surface area contributed by atoms with E-state index in [0.29, 0.717) is 19.5 Å². The van der Waals surface area contributed by atoms with Crippen LogP contribution in [0.1, 0.15) is 44.2 Å². The molecule has 138 valence electrons. The molecule has 0 aliphatic carbocycles. The van der Waals surface area contributed by atoms with E-state index in [0.717, 1.165) is 19.0 Å². The minimum absolute atomic E-state index is 0.0683. The molecule has 1 atom stereocenters. The van der Waals surface area contributed by atoms with Gasteiger partial charge in [-0.25, -0.2) is 4.79 Å². The Balaban J connectivity index is 1.86. The first kappa shape index (κ1) is 19.2. The van der Waals surface area contributed by atoms with Crippen molar-refractivity contribution in [1.82, 2.24) is 15.5 Å². The Kier molecular flexibility index (Phi) is 7.73. The van der Waals surface area contributed by atoms with Crippen LogP contribution < -0.4 is 10.6 Å². The van der Waals surface area contributed by atoms with Gasteiger partial charge in [-0.1, -0.05) is 37.3 Å². The molecule has 25 heavy (non-hydrogen) atoms. The van der Waals surface area contributed by atoms with E-state index in [9.17, 15) is 9.59 Å². The summed E-state index contributed by atoms with van der Waals surface area (Å²) in [4.78, 5) is 24.9. The molecule has 1 aromatic rings. The predicted molar refractivity (Wildman–Crippen MR) is 97.4 cm³/mol. The minimum atomic E-state index is -0.842. The van der Waals surface area contributed by atoms with E-state index < -0.39 is 5.97 Å². The number of carboxylic acid groups (broad SMARTS) is 1. The highest BCUT2D eigenvalue weighted by atomic mass is 16.4. The van der Waals surface area contributed by atoms with Gasteiger partial charge in [-0.15, -0.1) is 0 Å². The van der Waals surface area contributed by atoms with Crippen molar-refractivity contribution in [3.05, 3.63) is 35.9 Å². The molecule has 2 amide bonds. The molecule has 1 saturated heterocycles. The molecule has 0 spiro atoms. The number of benzene rings is 1. The van der Waals surface area contributed by atoms with Crippen LogP contribution in [0.5, 0.6) is 0 Å². The van der Waals surface area contributed by atoms with Crippen LogP contribution in [0.2, 0.25) is 0 Å². The first-order chi connectivity index (χ1) is 12.1. The van der Waals surface area contributed by atoms with Crippen molar-refractivity contribution in [3.8, 4) is 0 Å². The standard InChI is InChI=1S/C19H29N3O3/c1-15-9-12-22(13-10-15)17(16-6-3-2-4-7-16)14-21-19(25)20-11-5-8-18(23)24/h2-4,6-7,15,17H,5,8-14H2,1H3,(H,23,24)(H2,20,21,25). The van der Waals surface area contributed by atoms with E-state index >= 15 is 0 Å². The highest BCUT2D eigenvalue weighted by Gasteiger charge is 2.24. The topological polar surface area (TPSA) is 81.7 Å². The number of hydrogen-bond donors (Lipinski definition) is 3. The zero-order valence-corrected chi connectivity index (χ0v) is 14.9. The number of likely N-dealkylation sites (tertiary alicyclic amines) is 1. The molecule has 1 heterocycles. The van der Waals surface area contributed by atoms with Gasteiger partial charge in [0.15, 0.2) is 0 Å². The Hall–Kier alpha value is -2.08. The molecule has 0 radical (unpaired) electrons. The van der Waals surface area contributed by atoms with Crippen LogP contribution in [-0.4, -0.2) is 48.2 Å². The fraction of sp³-hybridized carbons (Fsp3) is 0.579. The van der Waals surface area contributed by atoms with Crippen molar-refractivity contribution in [1.29, 1.82) is 0 Å². The second kappa shape index (κ2) is 10.0. The molecule has 0 bridgehead atoms. The third kappa shape index (κ3) is 6.74. The van der Waals surface area contributed by atoms with Crippen LogP contribution in [0.3, 0.4) is 0 Å². The fourth-order valence-corrected chi connectivity index (χ4v) is 3.17. The predicted octanol–water partition coefficient (Wildman–Crippen LogP) is 2.62. The van der Waals surface area contributed by atoms with Crippen molar-refractivity contribution in [2.75, 3.05) is 26.2 Å². The number of hydrogen-bond acceptors (Lipinski definition) is 3. The number of rotatable bonds is 8. The highest BCUT2D eigenvalue weighted by molar-refractivity contribution is 5.74. The fourth-order valence-electron chi connectivity index (χ4n) is 3.17. The van der Waals surface area contributed by atoms with Gasteiger partial charge in [0.05, 0.1) is 6.04 Å². The Morgan fingerprint density at radius 3 is 2.52 bits per heavy atom.